The van der Waals surface area contributed by atoms with E-state index in [9.17, 15) is 9.18 Å². The molecule has 3 nitrogen and oxygen atoms in total. The average molecular weight is 265 g/mol. The van der Waals surface area contributed by atoms with Gasteiger partial charge in [0.25, 0.3) is 0 Å². The van der Waals surface area contributed by atoms with E-state index in [1.807, 2.05) is 6.92 Å². The van der Waals surface area contributed by atoms with Crippen LogP contribution in [0.4, 0.5) is 10.1 Å². The van der Waals surface area contributed by atoms with E-state index in [-0.39, 0.29) is 11.8 Å². The third kappa shape index (κ3) is 3.69. The number of rotatable bonds is 6. The van der Waals surface area contributed by atoms with Gasteiger partial charge in [0.1, 0.15) is 11.4 Å². The molecule has 1 N–H and O–H groups in total. The molecule has 0 spiro atoms. The van der Waals surface area contributed by atoms with Gasteiger partial charge in [0, 0.05) is 5.69 Å². The van der Waals surface area contributed by atoms with Crippen LogP contribution in [0.15, 0.2) is 24.3 Å². The molecule has 2 rings (SSSR count). The zero-order valence-electron chi connectivity index (χ0n) is 11.4. The third-order valence-electron chi connectivity index (χ3n) is 3.38. The number of ether oxygens (including phenoxy) is 1. The van der Waals surface area contributed by atoms with Gasteiger partial charge in [-0.05, 0) is 50.5 Å². The summed E-state index contributed by atoms with van der Waals surface area (Å²) in [4.78, 5) is 12.1. The summed E-state index contributed by atoms with van der Waals surface area (Å²) in [6.45, 7) is 4.02. The van der Waals surface area contributed by atoms with Gasteiger partial charge in [-0.3, -0.25) is 0 Å². The van der Waals surface area contributed by atoms with Crippen molar-refractivity contribution in [2.75, 3.05) is 11.9 Å². The first-order chi connectivity index (χ1) is 9.03. The zero-order chi connectivity index (χ0) is 13.9. The molecule has 4 heteroatoms. The maximum Gasteiger partial charge on any atom is 0.331 e. The van der Waals surface area contributed by atoms with Crippen molar-refractivity contribution in [3.63, 3.8) is 0 Å². The number of benzene rings is 1. The molecule has 1 fully saturated rings. The van der Waals surface area contributed by atoms with E-state index in [1.165, 1.54) is 25.0 Å². The van der Waals surface area contributed by atoms with Crippen molar-refractivity contribution in [1.29, 1.82) is 0 Å². The molecule has 0 saturated heterocycles. The van der Waals surface area contributed by atoms with Gasteiger partial charge in [-0.2, -0.15) is 0 Å². The normalized spacial score (nSPS) is 17.6. The van der Waals surface area contributed by atoms with Gasteiger partial charge in [0.15, 0.2) is 0 Å². The molecule has 1 aromatic rings. The fourth-order valence-electron chi connectivity index (χ4n) is 2.23. The van der Waals surface area contributed by atoms with E-state index < -0.39 is 5.54 Å². The second kappa shape index (κ2) is 5.59. The molecule has 0 amide bonds. The summed E-state index contributed by atoms with van der Waals surface area (Å²) in [5.41, 5.74) is -0.00717. The van der Waals surface area contributed by atoms with Crippen molar-refractivity contribution in [2.24, 2.45) is 5.92 Å². The molecule has 1 atom stereocenters. The highest BCUT2D eigenvalue weighted by Crippen LogP contribution is 2.38. The Morgan fingerprint density at radius 2 is 2.05 bits per heavy atom. The molecule has 0 bridgehead atoms. The second-order valence-corrected chi connectivity index (χ2v) is 5.33. The van der Waals surface area contributed by atoms with Gasteiger partial charge in [0.2, 0.25) is 0 Å². The SMILES string of the molecule is CCOC(=O)C(C)(CC1CC1)Nc1ccc(F)cc1. The van der Waals surface area contributed by atoms with Crippen molar-refractivity contribution in [3.8, 4) is 0 Å². The van der Waals surface area contributed by atoms with Crippen molar-refractivity contribution in [2.45, 2.75) is 38.6 Å². The fourth-order valence-corrected chi connectivity index (χ4v) is 2.23. The Bertz CT molecular complexity index is 442. The molecule has 0 radical (unpaired) electrons. The van der Waals surface area contributed by atoms with Crippen LogP contribution in [-0.4, -0.2) is 18.1 Å². The average Bonchev–Trinajstić information content (AvgIpc) is 3.16. The maximum absolute atomic E-state index is 12.9. The van der Waals surface area contributed by atoms with E-state index in [1.54, 1.807) is 19.1 Å². The number of nitrogens with one attached hydrogen (secondary N) is 1. The second-order valence-electron chi connectivity index (χ2n) is 5.33. The van der Waals surface area contributed by atoms with Crippen LogP contribution in [0.25, 0.3) is 0 Å². The number of esters is 1. The van der Waals surface area contributed by atoms with Crippen molar-refractivity contribution in [1.82, 2.24) is 0 Å². The Hall–Kier alpha value is -1.58. The molecule has 0 heterocycles. The summed E-state index contributed by atoms with van der Waals surface area (Å²) < 4.78 is 18.1. The van der Waals surface area contributed by atoms with Gasteiger partial charge >= 0.3 is 5.97 Å². The Labute approximate surface area is 113 Å². The van der Waals surface area contributed by atoms with Crippen LogP contribution in [0.5, 0.6) is 0 Å². The number of carbonyl (C=O) groups is 1. The minimum Gasteiger partial charge on any atom is -0.464 e. The first-order valence-corrected chi connectivity index (χ1v) is 6.74. The van der Waals surface area contributed by atoms with E-state index in [0.717, 1.165) is 12.1 Å². The molecule has 1 saturated carbocycles. The molecule has 1 aliphatic rings. The topological polar surface area (TPSA) is 38.3 Å². The first-order valence-electron chi connectivity index (χ1n) is 6.74. The van der Waals surface area contributed by atoms with Crippen LogP contribution < -0.4 is 5.32 Å². The number of carbonyl (C=O) groups excluding carboxylic acids is 1. The molecule has 0 aromatic heterocycles. The lowest BCUT2D eigenvalue weighted by Gasteiger charge is -2.29. The summed E-state index contributed by atoms with van der Waals surface area (Å²) in [5, 5.41) is 3.20. The molecular weight excluding hydrogens is 245 g/mol. The Morgan fingerprint density at radius 3 is 2.58 bits per heavy atom. The van der Waals surface area contributed by atoms with Crippen LogP contribution in [0.3, 0.4) is 0 Å². The summed E-state index contributed by atoms with van der Waals surface area (Å²) in [5.74, 6) is 0.0548. The van der Waals surface area contributed by atoms with Crippen LogP contribution in [-0.2, 0) is 9.53 Å². The largest absolute Gasteiger partial charge is 0.464 e. The minimum atomic E-state index is -0.741. The molecule has 104 valence electrons. The lowest BCUT2D eigenvalue weighted by atomic mass is 9.94. The highest BCUT2D eigenvalue weighted by Gasteiger charge is 2.40. The molecular formula is C15H20FNO2. The lowest BCUT2D eigenvalue weighted by Crippen LogP contribution is -2.45. The molecule has 19 heavy (non-hydrogen) atoms. The number of anilines is 1. The van der Waals surface area contributed by atoms with Crippen molar-refractivity contribution >= 4 is 11.7 Å². The zero-order valence-corrected chi connectivity index (χ0v) is 11.4. The highest BCUT2D eigenvalue weighted by atomic mass is 19.1. The first kappa shape index (κ1) is 13.8. The van der Waals surface area contributed by atoms with Crippen molar-refractivity contribution < 1.29 is 13.9 Å². The highest BCUT2D eigenvalue weighted by molar-refractivity contribution is 5.84. The predicted molar refractivity (Wildman–Crippen MR) is 72.4 cm³/mol. The summed E-state index contributed by atoms with van der Waals surface area (Å²) in [6.07, 6.45) is 3.09. The van der Waals surface area contributed by atoms with Gasteiger partial charge < -0.3 is 10.1 Å². The fraction of sp³-hybridized carbons (Fsp3) is 0.533. The molecule has 1 aromatic carbocycles. The van der Waals surface area contributed by atoms with E-state index in [4.69, 9.17) is 4.74 Å². The van der Waals surface area contributed by atoms with E-state index in [2.05, 4.69) is 5.32 Å². The molecule has 1 unspecified atom stereocenters. The molecule has 0 aliphatic heterocycles. The minimum absolute atomic E-state index is 0.244. The monoisotopic (exact) mass is 265 g/mol. The van der Waals surface area contributed by atoms with Gasteiger partial charge in [-0.1, -0.05) is 12.8 Å². The maximum atomic E-state index is 12.9. The summed E-state index contributed by atoms with van der Waals surface area (Å²) >= 11 is 0. The Kier molecular flexibility index (Phi) is 4.08. The van der Waals surface area contributed by atoms with Gasteiger partial charge in [0.05, 0.1) is 6.61 Å². The number of hydrogen-bond donors (Lipinski definition) is 1. The van der Waals surface area contributed by atoms with Crippen LogP contribution in [0, 0.1) is 11.7 Å². The molecule has 1 aliphatic carbocycles. The summed E-state index contributed by atoms with van der Waals surface area (Å²) in [6, 6.07) is 6.04. The quantitative estimate of drug-likeness (QED) is 0.801. The van der Waals surface area contributed by atoms with Gasteiger partial charge in [-0.15, -0.1) is 0 Å². The van der Waals surface area contributed by atoms with E-state index >= 15 is 0 Å². The Morgan fingerprint density at radius 1 is 1.42 bits per heavy atom. The van der Waals surface area contributed by atoms with Crippen LogP contribution in [0.2, 0.25) is 0 Å². The number of halogens is 1. The van der Waals surface area contributed by atoms with Crippen LogP contribution >= 0.6 is 0 Å². The Balaban J connectivity index is 2.11. The van der Waals surface area contributed by atoms with Crippen LogP contribution in [0.1, 0.15) is 33.1 Å². The smallest absolute Gasteiger partial charge is 0.331 e. The lowest BCUT2D eigenvalue weighted by molar-refractivity contribution is -0.148. The third-order valence-corrected chi connectivity index (χ3v) is 3.38. The van der Waals surface area contributed by atoms with Gasteiger partial charge in [-0.25, -0.2) is 9.18 Å². The van der Waals surface area contributed by atoms with Crippen molar-refractivity contribution in [3.05, 3.63) is 30.1 Å². The summed E-state index contributed by atoms with van der Waals surface area (Å²) in [7, 11) is 0. The standard InChI is InChI=1S/C15H20FNO2/c1-3-19-14(18)15(2,10-11-4-5-11)17-13-8-6-12(16)7-9-13/h6-9,11,17H,3-5,10H2,1-2H3. The van der Waals surface area contributed by atoms with E-state index in [0.29, 0.717) is 12.5 Å². The predicted octanol–water partition coefficient (Wildman–Crippen LogP) is 3.36. The number of hydrogen-bond acceptors (Lipinski definition) is 3.